The minimum Gasteiger partial charge on any atom is -0.497 e. The minimum atomic E-state index is -2.88. The van der Waals surface area contributed by atoms with E-state index in [9.17, 15) is 8.78 Å². The van der Waals surface area contributed by atoms with E-state index in [1.54, 1.807) is 12.1 Å². The Hall–Kier alpha value is -2.31. The van der Waals surface area contributed by atoms with Crippen LogP contribution in [0.3, 0.4) is 0 Å². The van der Waals surface area contributed by atoms with Crippen LogP contribution in [0, 0.1) is 13.8 Å². The van der Waals surface area contributed by atoms with Gasteiger partial charge in [-0.15, -0.1) is 0 Å². The Labute approximate surface area is 121 Å². The van der Waals surface area contributed by atoms with Crippen LogP contribution < -0.4 is 14.8 Å². The number of hydrogen-bond donors (Lipinski definition) is 2. The molecular weight excluding hydrogens is 280 g/mol. The zero-order valence-electron chi connectivity index (χ0n) is 12.0. The molecule has 1 heterocycles. The molecule has 5 nitrogen and oxygen atoms in total. The van der Waals surface area contributed by atoms with Crippen molar-refractivity contribution in [3.63, 3.8) is 0 Å². The predicted molar refractivity (Wildman–Crippen MR) is 75.0 cm³/mol. The molecule has 0 fully saturated rings. The average molecular weight is 297 g/mol. The molecule has 0 aliphatic carbocycles. The number of methoxy groups -OCH3 is 1. The van der Waals surface area contributed by atoms with Crippen LogP contribution in [0.2, 0.25) is 0 Å². The molecule has 1 aromatic heterocycles. The Morgan fingerprint density at radius 1 is 1.33 bits per heavy atom. The fourth-order valence-corrected chi connectivity index (χ4v) is 1.99. The number of aromatic amines is 1. The molecule has 0 unspecified atom stereocenters. The Bertz CT molecular complexity index is 595. The Kier molecular flexibility index (Phi) is 4.62. The quantitative estimate of drug-likeness (QED) is 0.859. The van der Waals surface area contributed by atoms with E-state index in [-0.39, 0.29) is 5.75 Å². The summed E-state index contributed by atoms with van der Waals surface area (Å²) in [4.78, 5) is 0. The number of aryl methyl sites for hydroxylation is 2. The Morgan fingerprint density at radius 3 is 2.67 bits per heavy atom. The summed E-state index contributed by atoms with van der Waals surface area (Å²) in [5.74, 6) is 0.629. The fourth-order valence-electron chi connectivity index (χ4n) is 1.99. The lowest BCUT2D eigenvalue weighted by Gasteiger charge is -2.14. The van der Waals surface area contributed by atoms with Crippen LogP contribution >= 0.6 is 0 Å². The summed E-state index contributed by atoms with van der Waals surface area (Å²) in [6, 6.07) is 4.63. The van der Waals surface area contributed by atoms with E-state index >= 15 is 0 Å². The molecule has 114 valence electrons. The van der Waals surface area contributed by atoms with Gasteiger partial charge in [0.1, 0.15) is 11.5 Å². The second-order valence-corrected chi connectivity index (χ2v) is 4.51. The first-order valence-corrected chi connectivity index (χ1v) is 6.38. The van der Waals surface area contributed by atoms with Gasteiger partial charge in [0.2, 0.25) is 0 Å². The van der Waals surface area contributed by atoms with Gasteiger partial charge >= 0.3 is 6.61 Å². The van der Waals surface area contributed by atoms with E-state index in [1.165, 1.54) is 13.2 Å². The molecule has 7 heteroatoms. The molecule has 21 heavy (non-hydrogen) atoms. The van der Waals surface area contributed by atoms with Gasteiger partial charge in [0, 0.05) is 23.9 Å². The maximum atomic E-state index is 12.4. The summed E-state index contributed by atoms with van der Waals surface area (Å²) in [7, 11) is 1.51. The zero-order chi connectivity index (χ0) is 15.4. The molecule has 1 aromatic carbocycles. The van der Waals surface area contributed by atoms with Crippen molar-refractivity contribution in [2.75, 3.05) is 12.4 Å². The highest BCUT2D eigenvalue weighted by atomic mass is 19.3. The third kappa shape index (κ3) is 3.62. The Morgan fingerprint density at radius 2 is 2.10 bits per heavy atom. The topological polar surface area (TPSA) is 59.2 Å². The van der Waals surface area contributed by atoms with Crippen molar-refractivity contribution >= 4 is 5.69 Å². The van der Waals surface area contributed by atoms with E-state index in [2.05, 4.69) is 20.3 Å². The second-order valence-electron chi connectivity index (χ2n) is 4.51. The number of aromatic nitrogens is 2. The van der Waals surface area contributed by atoms with Gasteiger partial charge < -0.3 is 14.8 Å². The number of anilines is 1. The predicted octanol–water partition coefficient (Wildman–Crippen LogP) is 3.25. The maximum Gasteiger partial charge on any atom is 0.387 e. The smallest absolute Gasteiger partial charge is 0.387 e. The van der Waals surface area contributed by atoms with Crippen molar-refractivity contribution in [3.05, 3.63) is 35.2 Å². The van der Waals surface area contributed by atoms with Crippen molar-refractivity contribution in [2.45, 2.75) is 27.0 Å². The monoisotopic (exact) mass is 297 g/mol. The highest BCUT2D eigenvalue weighted by molar-refractivity contribution is 5.60. The van der Waals surface area contributed by atoms with E-state index in [4.69, 9.17) is 4.74 Å². The molecule has 0 radical (unpaired) electrons. The van der Waals surface area contributed by atoms with Gasteiger partial charge in [-0.3, -0.25) is 5.10 Å². The number of hydrogen-bond acceptors (Lipinski definition) is 4. The Balaban J connectivity index is 2.20. The van der Waals surface area contributed by atoms with E-state index in [0.717, 1.165) is 17.0 Å². The number of H-pyrrole nitrogens is 1. The van der Waals surface area contributed by atoms with Crippen LogP contribution in [-0.4, -0.2) is 23.9 Å². The van der Waals surface area contributed by atoms with Crippen molar-refractivity contribution in [1.29, 1.82) is 0 Å². The molecule has 0 spiro atoms. The third-order valence-electron chi connectivity index (χ3n) is 3.14. The van der Waals surface area contributed by atoms with Crippen LogP contribution in [0.4, 0.5) is 14.5 Å². The van der Waals surface area contributed by atoms with Crippen molar-refractivity contribution in [3.8, 4) is 11.5 Å². The normalized spacial score (nSPS) is 10.8. The number of ether oxygens (including phenoxy) is 2. The molecule has 2 N–H and O–H groups in total. The van der Waals surface area contributed by atoms with Crippen molar-refractivity contribution < 1.29 is 18.3 Å². The zero-order valence-corrected chi connectivity index (χ0v) is 12.0. The molecule has 0 aliphatic rings. The van der Waals surface area contributed by atoms with Crippen LogP contribution in [0.1, 0.15) is 17.0 Å². The highest BCUT2D eigenvalue weighted by Crippen LogP contribution is 2.31. The van der Waals surface area contributed by atoms with Gasteiger partial charge in [0.05, 0.1) is 18.5 Å². The maximum absolute atomic E-state index is 12.4. The van der Waals surface area contributed by atoms with Crippen molar-refractivity contribution in [1.82, 2.24) is 10.2 Å². The lowest BCUT2D eigenvalue weighted by atomic mass is 10.2. The molecular formula is C14H17F2N3O2. The van der Waals surface area contributed by atoms with Gasteiger partial charge in [0.15, 0.2) is 0 Å². The van der Waals surface area contributed by atoms with Crippen LogP contribution in [-0.2, 0) is 6.54 Å². The summed E-state index contributed by atoms with van der Waals surface area (Å²) < 4.78 is 34.5. The van der Waals surface area contributed by atoms with Crippen LogP contribution in [0.15, 0.2) is 18.2 Å². The molecule has 2 aromatic rings. The van der Waals surface area contributed by atoms with E-state index in [0.29, 0.717) is 18.0 Å². The molecule has 0 bridgehead atoms. The lowest BCUT2D eigenvalue weighted by molar-refractivity contribution is -0.0494. The molecule has 0 aliphatic heterocycles. The molecule has 0 atom stereocenters. The van der Waals surface area contributed by atoms with Crippen molar-refractivity contribution in [2.24, 2.45) is 0 Å². The fraction of sp³-hybridized carbons (Fsp3) is 0.357. The lowest BCUT2D eigenvalue weighted by Crippen LogP contribution is -2.07. The number of benzene rings is 1. The SMILES string of the molecule is COc1ccc(OC(F)F)c(NCc2c(C)n[nH]c2C)c1. The van der Waals surface area contributed by atoms with E-state index < -0.39 is 6.61 Å². The standard InChI is InChI=1S/C14H17F2N3O2/c1-8-11(9(2)19-18-8)7-17-12-6-10(20-3)4-5-13(12)21-14(15)16/h4-6,14,17H,7H2,1-3H3,(H,18,19). The first kappa shape index (κ1) is 15.1. The molecule has 2 rings (SSSR count). The minimum absolute atomic E-state index is 0.0737. The van der Waals surface area contributed by atoms with Gasteiger partial charge in [0.25, 0.3) is 0 Å². The summed E-state index contributed by atoms with van der Waals surface area (Å²) >= 11 is 0. The number of nitrogens with zero attached hydrogens (tertiary/aromatic N) is 1. The van der Waals surface area contributed by atoms with Gasteiger partial charge in [-0.2, -0.15) is 13.9 Å². The van der Waals surface area contributed by atoms with E-state index in [1.807, 2.05) is 13.8 Å². The number of alkyl halides is 2. The second kappa shape index (κ2) is 6.43. The van der Waals surface area contributed by atoms with Crippen LogP contribution in [0.5, 0.6) is 11.5 Å². The summed E-state index contributed by atoms with van der Waals surface area (Å²) in [5.41, 5.74) is 3.22. The number of rotatable bonds is 6. The highest BCUT2D eigenvalue weighted by Gasteiger charge is 2.12. The first-order valence-electron chi connectivity index (χ1n) is 6.38. The molecule has 0 saturated heterocycles. The average Bonchev–Trinajstić information content (AvgIpc) is 2.76. The summed E-state index contributed by atoms with van der Waals surface area (Å²) in [5, 5.41) is 10.0. The van der Waals surface area contributed by atoms with Crippen LogP contribution in [0.25, 0.3) is 0 Å². The van der Waals surface area contributed by atoms with Gasteiger partial charge in [-0.25, -0.2) is 0 Å². The molecule has 0 amide bonds. The first-order chi connectivity index (χ1) is 10.0. The number of nitrogens with one attached hydrogen (secondary N) is 2. The summed E-state index contributed by atoms with van der Waals surface area (Å²) in [6.45, 7) is 1.35. The van der Waals surface area contributed by atoms with Gasteiger partial charge in [-0.05, 0) is 26.0 Å². The largest absolute Gasteiger partial charge is 0.497 e. The molecule has 0 saturated carbocycles. The number of halogens is 2. The third-order valence-corrected chi connectivity index (χ3v) is 3.14. The summed E-state index contributed by atoms with van der Waals surface area (Å²) in [6.07, 6.45) is 0. The van der Waals surface area contributed by atoms with Gasteiger partial charge in [-0.1, -0.05) is 0 Å².